The summed E-state index contributed by atoms with van der Waals surface area (Å²) in [6.45, 7) is 7.41. The number of hydrazine groups is 2. The predicted octanol–water partition coefficient (Wildman–Crippen LogP) is 7.84. The van der Waals surface area contributed by atoms with Crippen LogP contribution in [0.3, 0.4) is 0 Å². The molecule has 15 heteroatoms. The largest absolute Gasteiger partial charge is 0.452 e. The van der Waals surface area contributed by atoms with Crippen LogP contribution < -0.4 is 10.9 Å². The molecular formula is C46H54N8O7. The van der Waals surface area contributed by atoms with Crippen molar-refractivity contribution in [1.29, 1.82) is 0 Å². The van der Waals surface area contributed by atoms with Crippen molar-refractivity contribution in [3.05, 3.63) is 84.7 Å². The van der Waals surface area contributed by atoms with E-state index in [0.29, 0.717) is 5.82 Å². The molecule has 4 heterocycles. The minimum absolute atomic E-state index is 0.0975. The molecule has 6 atom stereocenters. The molecule has 5 aromatic rings. The molecule has 2 aliphatic heterocycles. The average molecular weight is 831 g/mol. The smallest absolute Gasteiger partial charge is 0.425 e. The molecule has 3 fully saturated rings. The average Bonchev–Trinajstić information content (AvgIpc) is 4.12. The van der Waals surface area contributed by atoms with Crippen LogP contribution in [0.25, 0.3) is 44.4 Å². The van der Waals surface area contributed by atoms with Crippen LogP contribution in [0.15, 0.2) is 73.1 Å². The maximum atomic E-state index is 13.9. The number of nitrogens with one attached hydrogen (secondary N) is 4. The van der Waals surface area contributed by atoms with Crippen LogP contribution in [-0.4, -0.2) is 92.5 Å². The fraction of sp³-hybridized carbons (Fsp3) is 0.435. The van der Waals surface area contributed by atoms with Crippen LogP contribution in [-0.2, 0) is 23.8 Å². The molecule has 3 aliphatic rings. The predicted molar refractivity (Wildman–Crippen MR) is 228 cm³/mol. The van der Waals surface area contributed by atoms with Gasteiger partial charge in [0.1, 0.15) is 11.6 Å². The highest BCUT2D eigenvalue weighted by molar-refractivity contribution is 5.91. The summed E-state index contributed by atoms with van der Waals surface area (Å²) in [5, 5.41) is 4.91. The third-order valence-corrected chi connectivity index (χ3v) is 12.5. The fourth-order valence-electron chi connectivity index (χ4n) is 9.36. The third-order valence-electron chi connectivity index (χ3n) is 12.5. The first-order chi connectivity index (χ1) is 29.4. The number of hydrogen-bond acceptors (Lipinski definition) is 9. The van der Waals surface area contributed by atoms with Gasteiger partial charge in [-0.25, -0.2) is 40.4 Å². The maximum Gasteiger partial charge on any atom is 0.425 e. The first-order valence-electron chi connectivity index (χ1n) is 21.2. The van der Waals surface area contributed by atoms with Gasteiger partial charge in [-0.1, -0.05) is 61.4 Å². The lowest BCUT2D eigenvalue weighted by Crippen LogP contribution is -2.54. The van der Waals surface area contributed by atoms with E-state index >= 15 is 0 Å². The summed E-state index contributed by atoms with van der Waals surface area (Å²) in [7, 11) is 2.55. The normalized spacial score (nSPS) is 22.0. The molecule has 8 rings (SSSR count). The molecule has 320 valence electrons. The zero-order valence-corrected chi connectivity index (χ0v) is 35.4. The highest BCUT2D eigenvalue weighted by Gasteiger charge is 2.55. The van der Waals surface area contributed by atoms with Crippen molar-refractivity contribution >= 4 is 34.8 Å². The van der Waals surface area contributed by atoms with Crippen LogP contribution in [0.4, 0.5) is 9.59 Å². The molecule has 1 aliphatic carbocycles. The van der Waals surface area contributed by atoms with Gasteiger partial charge in [0, 0.05) is 29.5 Å². The first-order valence-corrected chi connectivity index (χ1v) is 21.2. The topological polar surface area (TPSA) is 184 Å². The van der Waals surface area contributed by atoms with Crippen LogP contribution >= 0.6 is 0 Å². The number of hydrogen-bond donors (Lipinski definition) is 4. The Hall–Kier alpha value is -6.22. The van der Waals surface area contributed by atoms with Crippen molar-refractivity contribution in [2.75, 3.05) is 14.2 Å². The van der Waals surface area contributed by atoms with E-state index in [2.05, 4.69) is 81.5 Å². The summed E-state index contributed by atoms with van der Waals surface area (Å²) in [6, 6.07) is 20.6. The summed E-state index contributed by atoms with van der Waals surface area (Å²) in [6.07, 6.45) is 7.00. The maximum absolute atomic E-state index is 13.9. The van der Waals surface area contributed by atoms with Crippen molar-refractivity contribution < 1.29 is 33.4 Å². The minimum Gasteiger partial charge on any atom is -0.452 e. The number of imidazole rings is 2. The lowest BCUT2D eigenvalue weighted by atomic mass is 9.78. The Labute approximate surface area is 354 Å². The van der Waals surface area contributed by atoms with Gasteiger partial charge >= 0.3 is 12.2 Å². The second-order valence-electron chi connectivity index (χ2n) is 16.9. The molecule has 4 amide bonds. The monoisotopic (exact) mass is 830 g/mol. The van der Waals surface area contributed by atoms with Gasteiger partial charge in [0.05, 0.1) is 62.0 Å². The molecule has 0 spiro atoms. The van der Waals surface area contributed by atoms with E-state index in [1.54, 1.807) is 6.20 Å². The number of aromatic nitrogens is 4. The SMILES string of the molecule is COC(=O)NN(C(=O)C1C2CCC(O2)C1c1ncc(-c2ccc(-c3ccc4cc(-c5cnc([C@H]6CCCC[C@H]6C(=O)N(NC(=O)OC)C(C)C)[nH]5)ccc4c3)cc2)[nH]1)C(C)C. The van der Waals surface area contributed by atoms with Gasteiger partial charge in [0.25, 0.3) is 0 Å². The van der Waals surface area contributed by atoms with Crippen molar-refractivity contribution in [1.82, 2.24) is 40.8 Å². The first kappa shape index (κ1) is 41.5. The standard InChI is InChI=1S/C46H54N8O7/c1-25(2)53(51-45(57)59-5)43(55)34-10-8-7-9-33(34)41-47-24-36(49-41)32-18-17-30-21-29(15-16-31(30)22-32)27-11-13-28(14-12-27)35-23-48-42(50-35)39-37-19-20-38(61-37)40(39)44(56)54(26(3)4)52-46(58)60-6/h11-18,21-26,33-34,37-40H,7-10,19-20H2,1-6H3,(H,47,49)(H,48,50)(H,51,57)(H,52,58)/t33-,34+,37?,38?,39?,40?/m0/s1. The number of methoxy groups -OCH3 is 2. The van der Waals surface area contributed by atoms with E-state index < -0.39 is 18.1 Å². The zero-order chi connectivity index (χ0) is 42.9. The van der Waals surface area contributed by atoms with Crippen LogP contribution in [0.5, 0.6) is 0 Å². The summed E-state index contributed by atoms with van der Waals surface area (Å²) in [4.78, 5) is 68.3. The van der Waals surface area contributed by atoms with Crippen molar-refractivity contribution in [2.45, 2.75) is 102 Å². The summed E-state index contributed by atoms with van der Waals surface area (Å²) >= 11 is 0. The highest BCUT2D eigenvalue weighted by Crippen LogP contribution is 2.49. The number of aromatic amines is 2. The molecule has 0 radical (unpaired) electrons. The van der Waals surface area contributed by atoms with Crippen molar-refractivity contribution in [3.63, 3.8) is 0 Å². The number of H-pyrrole nitrogens is 2. The molecule has 2 aromatic heterocycles. The van der Waals surface area contributed by atoms with Crippen LogP contribution in [0, 0.1) is 11.8 Å². The number of ether oxygens (including phenoxy) is 3. The van der Waals surface area contributed by atoms with E-state index in [1.807, 2.05) is 33.9 Å². The van der Waals surface area contributed by atoms with Crippen molar-refractivity contribution in [3.8, 4) is 33.6 Å². The number of fused-ring (bicyclic) bond motifs is 3. The van der Waals surface area contributed by atoms with E-state index in [-0.39, 0.29) is 53.9 Å². The summed E-state index contributed by atoms with van der Waals surface area (Å²) < 4.78 is 15.8. The Bertz CT molecular complexity index is 2410. The third kappa shape index (κ3) is 8.30. The molecule has 2 bridgehead atoms. The zero-order valence-electron chi connectivity index (χ0n) is 35.4. The quantitative estimate of drug-likeness (QED) is 0.108. The molecule has 61 heavy (non-hydrogen) atoms. The van der Waals surface area contributed by atoms with Gasteiger partial charge < -0.3 is 24.2 Å². The molecule has 1 saturated carbocycles. The van der Waals surface area contributed by atoms with Gasteiger partial charge in [-0.3, -0.25) is 9.59 Å². The number of amides is 4. The van der Waals surface area contributed by atoms with Gasteiger partial charge in [-0.2, -0.15) is 0 Å². The Morgan fingerprint density at radius 1 is 0.656 bits per heavy atom. The number of carbonyl (C=O) groups excluding carboxylic acids is 4. The van der Waals surface area contributed by atoms with Gasteiger partial charge in [0.2, 0.25) is 11.8 Å². The van der Waals surface area contributed by atoms with Crippen LogP contribution in [0.2, 0.25) is 0 Å². The highest BCUT2D eigenvalue weighted by atomic mass is 16.5. The molecule has 4 N–H and O–H groups in total. The van der Waals surface area contributed by atoms with E-state index in [9.17, 15) is 19.2 Å². The minimum atomic E-state index is -0.697. The number of nitrogens with zero attached hydrogens (tertiary/aromatic N) is 4. The Balaban J connectivity index is 0.959. The molecule has 3 aromatic carbocycles. The van der Waals surface area contributed by atoms with Gasteiger partial charge in [-0.05, 0) is 93.0 Å². The Kier molecular flexibility index (Phi) is 11.8. The number of rotatable bonds is 9. The lowest BCUT2D eigenvalue weighted by Gasteiger charge is -2.35. The lowest BCUT2D eigenvalue weighted by molar-refractivity contribution is -0.143. The Morgan fingerprint density at radius 2 is 1.18 bits per heavy atom. The molecule has 15 nitrogen and oxygen atoms in total. The molecule has 4 unspecified atom stereocenters. The van der Waals surface area contributed by atoms with Gasteiger partial charge in [-0.15, -0.1) is 0 Å². The second-order valence-corrected chi connectivity index (χ2v) is 16.9. The van der Waals surface area contributed by atoms with Gasteiger partial charge in [0.15, 0.2) is 0 Å². The number of carbonyl (C=O) groups is 4. The summed E-state index contributed by atoms with van der Waals surface area (Å²) in [5.74, 6) is -0.0531. The van der Waals surface area contributed by atoms with E-state index in [0.717, 1.165) is 88.8 Å². The van der Waals surface area contributed by atoms with E-state index in [1.165, 1.54) is 24.2 Å². The summed E-state index contributed by atoms with van der Waals surface area (Å²) in [5.41, 5.74) is 11.0. The van der Waals surface area contributed by atoms with E-state index in [4.69, 9.17) is 24.2 Å². The van der Waals surface area contributed by atoms with Crippen molar-refractivity contribution in [2.24, 2.45) is 11.8 Å². The second kappa shape index (κ2) is 17.4. The molecular weight excluding hydrogens is 777 g/mol. The number of benzene rings is 3. The Morgan fingerprint density at radius 3 is 1.84 bits per heavy atom. The molecule has 2 saturated heterocycles. The fourth-order valence-corrected chi connectivity index (χ4v) is 9.36. The van der Waals surface area contributed by atoms with Crippen LogP contribution in [0.1, 0.15) is 89.7 Å².